The fraction of sp³-hybridized carbons (Fsp3) is 0.923. The average Bonchev–Trinajstić information content (AvgIpc) is 2.78. The van der Waals surface area contributed by atoms with Crippen molar-refractivity contribution in [3.05, 3.63) is 0 Å². The molecule has 2 aliphatic heterocycles. The van der Waals surface area contributed by atoms with Gasteiger partial charge in [0.05, 0.1) is 7.11 Å². The third-order valence-corrected chi connectivity index (χ3v) is 4.17. The SMILES string of the molecule is CCC(NC1CCN2CCCCC12)C(=O)OC. The molecule has 2 saturated heterocycles. The Labute approximate surface area is 104 Å². The van der Waals surface area contributed by atoms with Crippen LogP contribution in [0.25, 0.3) is 0 Å². The van der Waals surface area contributed by atoms with E-state index in [-0.39, 0.29) is 12.0 Å². The summed E-state index contributed by atoms with van der Waals surface area (Å²) in [4.78, 5) is 14.2. The van der Waals surface area contributed by atoms with E-state index in [1.807, 2.05) is 6.92 Å². The first-order valence-corrected chi connectivity index (χ1v) is 6.84. The van der Waals surface area contributed by atoms with Crippen LogP contribution in [0.2, 0.25) is 0 Å². The van der Waals surface area contributed by atoms with Gasteiger partial charge in [-0.15, -0.1) is 0 Å². The minimum atomic E-state index is -0.133. The van der Waals surface area contributed by atoms with Gasteiger partial charge in [0.15, 0.2) is 0 Å². The van der Waals surface area contributed by atoms with Gasteiger partial charge in [-0.25, -0.2) is 0 Å². The van der Waals surface area contributed by atoms with Crippen LogP contribution < -0.4 is 5.32 Å². The van der Waals surface area contributed by atoms with Gasteiger partial charge >= 0.3 is 5.97 Å². The number of hydrogen-bond donors (Lipinski definition) is 1. The molecule has 0 aliphatic carbocycles. The number of esters is 1. The summed E-state index contributed by atoms with van der Waals surface area (Å²) in [6, 6.07) is 0.980. The Morgan fingerprint density at radius 1 is 1.41 bits per heavy atom. The average molecular weight is 240 g/mol. The van der Waals surface area contributed by atoms with E-state index in [9.17, 15) is 4.79 Å². The summed E-state index contributed by atoms with van der Waals surface area (Å²) in [5.41, 5.74) is 0. The molecule has 3 atom stereocenters. The smallest absolute Gasteiger partial charge is 0.322 e. The van der Waals surface area contributed by atoms with E-state index >= 15 is 0 Å². The molecule has 1 N–H and O–H groups in total. The third-order valence-electron chi connectivity index (χ3n) is 4.17. The van der Waals surface area contributed by atoms with E-state index in [4.69, 9.17) is 4.74 Å². The van der Waals surface area contributed by atoms with Crippen LogP contribution >= 0.6 is 0 Å². The van der Waals surface area contributed by atoms with Gasteiger partial charge in [-0.05, 0) is 32.2 Å². The minimum Gasteiger partial charge on any atom is -0.468 e. The lowest BCUT2D eigenvalue weighted by atomic mass is 9.98. The number of ether oxygens (including phenoxy) is 1. The van der Waals surface area contributed by atoms with Crippen LogP contribution in [0.5, 0.6) is 0 Å². The van der Waals surface area contributed by atoms with E-state index in [1.54, 1.807) is 0 Å². The molecule has 2 aliphatic rings. The molecule has 0 bridgehead atoms. The molecule has 0 amide bonds. The number of piperidine rings is 1. The summed E-state index contributed by atoms with van der Waals surface area (Å²) in [5, 5.41) is 3.50. The van der Waals surface area contributed by atoms with Crippen LogP contribution in [0.3, 0.4) is 0 Å². The second-order valence-corrected chi connectivity index (χ2v) is 5.14. The van der Waals surface area contributed by atoms with Crippen molar-refractivity contribution >= 4 is 5.97 Å². The molecule has 2 rings (SSSR count). The number of nitrogens with one attached hydrogen (secondary N) is 1. The van der Waals surface area contributed by atoms with E-state index < -0.39 is 0 Å². The summed E-state index contributed by atoms with van der Waals surface area (Å²) in [6.45, 7) is 4.44. The lowest BCUT2D eigenvalue weighted by Crippen LogP contribution is -2.50. The summed E-state index contributed by atoms with van der Waals surface area (Å²) in [6.07, 6.45) is 5.90. The van der Waals surface area contributed by atoms with Crippen molar-refractivity contribution in [3.63, 3.8) is 0 Å². The molecular weight excluding hydrogens is 216 g/mol. The fourth-order valence-corrected chi connectivity index (χ4v) is 3.19. The summed E-state index contributed by atoms with van der Waals surface area (Å²) < 4.78 is 4.83. The predicted octanol–water partition coefficient (Wildman–Crippen LogP) is 1.15. The quantitative estimate of drug-likeness (QED) is 0.749. The number of carbonyl (C=O) groups excluding carboxylic acids is 1. The van der Waals surface area contributed by atoms with Crippen molar-refractivity contribution in [3.8, 4) is 0 Å². The second-order valence-electron chi connectivity index (χ2n) is 5.14. The van der Waals surface area contributed by atoms with Gasteiger partial charge in [0.25, 0.3) is 0 Å². The lowest BCUT2D eigenvalue weighted by molar-refractivity contribution is -0.143. The maximum Gasteiger partial charge on any atom is 0.322 e. The Bertz CT molecular complexity index is 270. The van der Waals surface area contributed by atoms with Gasteiger partial charge in [0.2, 0.25) is 0 Å². The molecule has 0 saturated carbocycles. The van der Waals surface area contributed by atoms with E-state index in [2.05, 4.69) is 10.2 Å². The van der Waals surface area contributed by atoms with Gasteiger partial charge in [-0.2, -0.15) is 0 Å². The molecule has 98 valence electrons. The van der Waals surface area contributed by atoms with Gasteiger partial charge in [-0.3, -0.25) is 15.0 Å². The Kier molecular flexibility index (Phi) is 4.40. The first-order chi connectivity index (χ1) is 8.26. The van der Waals surface area contributed by atoms with Crippen molar-refractivity contribution in [2.24, 2.45) is 0 Å². The zero-order valence-corrected chi connectivity index (χ0v) is 10.9. The van der Waals surface area contributed by atoms with E-state index in [1.165, 1.54) is 39.5 Å². The number of carbonyl (C=O) groups is 1. The van der Waals surface area contributed by atoms with Crippen molar-refractivity contribution in [2.45, 2.75) is 57.2 Å². The Hall–Kier alpha value is -0.610. The zero-order valence-electron chi connectivity index (χ0n) is 10.9. The maximum atomic E-state index is 11.6. The first kappa shape index (κ1) is 12.8. The number of fused-ring (bicyclic) bond motifs is 1. The number of nitrogens with zero attached hydrogens (tertiary/aromatic N) is 1. The highest BCUT2D eigenvalue weighted by Gasteiger charge is 2.37. The molecule has 0 aromatic rings. The molecule has 0 radical (unpaired) electrons. The lowest BCUT2D eigenvalue weighted by Gasteiger charge is -2.33. The van der Waals surface area contributed by atoms with Gasteiger partial charge in [0.1, 0.15) is 6.04 Å². The van der Waals surface area contributed by atoms with Crippen LogP contribution in [0, 0.1) is 0 Å². The van der Waals surface area contributed by atoms with Crippen LogP contribution in [0.15, 0.2) is 0 Å². The molecule has 3 unspecified atom stereocenters. The van der Waals surface area contributed by atoms with Crippen molar-refractivity contribution in [2.75, 3.05) is 20.2 Å². The summed E-state index contributed by atoms with van der Waals surface area (Å²) >= 11 is 0. The van der Waals surface area contributed by atoms with Crippen molar-refractivity contribution in [1.82, 2.24) is 10.2 Å². The Morgan fingerprint density at radius 2 is 2.24 bits per heavy atom. The molecular formula is C13H24N2O2. The van der Waals surface area contributed by atoms with Crippen LogP contribution in [-0.2, 0) is 9.53 Å². The second kappa shape index (κ2) is 5.83. The fourth-order valence-electron chi connectivity index (χ4n) is 3.19. The zero-order chi connectivity index (χ0) is 12.3. The molecule has 4 nitrogen and oxygen atoms in total. The largest absolute Gasteiger partial charge is 0.468 e. The molecule has 2 fully saturated rings. The highest BCUT2D eigenvalue weighted by Crippen LogP contribution is 2.27. The monoisotopic (exact) mass is 240 g/mol. The predicted molar refractivity (Wildman–Crippen MR) is 66.8 cm³/mol. The maximum absolute atomic E-state index is 11.6. The molecule has 2 heterocycles. The van der Waals surface area contributed by atoms with Gasteiger partial charge < -0.3 is 4.74 Å². The number of hydrogen-bond acceptors (Lipinski definition) is 4. The molecule has 0 aromatic carbocycles. The molecule has 0 aromatic heterocycles. The molecule has 0 spiro atoms. The first-order valence-electron chi connectivity index (χ1n) is 6.84. The van der Waals surface area contributed by atoms with Crippen molar-refractivity contribution in [1.29, 1.82) is 0 Å². The Morgan fingerprint density at radius 3 is 2.94 bits per heavy atom. The van der Waals surface area contributed by atoms with Crippen LogP contribution in [-0.4, -0.2) is 49.2 Å². The number of methoxy groups -OCH3 is 1. The number of rotatable bonds is 4. The van der Waals surface area contributed by atoms with Gasteiger partial charge in [0, 0.05) is 18.6 Å². The minimum absolute atomic E-state index is 0.123. The van der Waals surface area contributed by atoms with Crippen molar-refractivity contribution < 1.29 is 9.53 Å². The highest BCUT2D eigenvalue weighted by molar-refractivity contribution is 5.75. The van der Waals surface area contributed by atoms with Crippen LogP contribution in [0.1, 0.15) is 39.0 Å². The topological polar surface area (TPSA) is 41.6 Å². The van der Waals surface area contributed by atoms with Crippen LogP contribution in [0.4, 0.5) is 0 Å². The normalized spacial score (nSPS) is 30.9. The summed E-state index contributed by atoms with van der Waals surface area (Å²) in [5.74, 6) is -0.123. The van der Waals surface area contributed by atoms with E-state index in [0.717, 1.165) is 12.8 Å². The molecule has 17 heavy (non-hydrogen) atoms. The van der Waals surface area contributed by atoms with Gasteiger partial charge in [-0.1, -0.05) is 13.3 Å². The standard InChI is InChI=1S/C13H24N2O2/c1-3-10(13(16)17-2)14-11-7-9-15-8-5-4-6-12(11)15/h10-12,14H,3-9H2,1-2H3. The third kappa shape index (κ3) is 2.80. The molecule has 4 heteroatoms. The highest BCUT2D eigenvalue weighted by atomic mass is 16.5. The Balaban J connectivity index is 1.91. The van der Waals surface area contributed by atoms with E-state index in [0.29, 0.717) is 12.1 Å². The summed E-state index contributed by atoms with van der Waals surface area (Å²) in [7, 11) is 1.47.